The van der Waals surface area contributed by atoms with E-state index in [1.807, 2.05) is 18.2 Å². The molecule has 1 aliphatic rings. The van der Waals surface area contributed by atoms with Gasteiger partial charge in [-0.1, -0.05) is 54.6 Å². The van der Waals surface area contributed by atoms with Crippen molar-refractivity contribution in [2.75, 3.05) is 45.9 Å². The topological polar surface area (TPSA) is 58.1 Å². The van der Waals surface area contributed by atoms with Gasteiger partial charge in [-0.3, -0.25) is 4.90 Å². The van der Waals surface area contributed by atoms with Crippen LogP contribution in [0.2, 0.25) is 0 Å². The van der Waals surface area contributed by atoms with Gasteiger partial charge in [0.1, 0.15) is 0 Å². The van der Waals surface area contributed by atoms with Crippen molar-refractivity contribution in [3.63, 3.8) is 0 Å². The van der Waals surface area contributed by atoms with Gasteiger partial charge in [-0.15, -0.1) is 24.0 Å². The first-order valence-corrected chi connectivity index (χ1v) is 11.4. The summed E-state index contributed by atoms with van der Waals surface area (Å²) in [5.74, 6) is 0.871. The monoisotopic (exact) mass is 552 g/mol. The van der Waals surface area contributed by atoms with E-state index in [-0.39, 0.29) is 24.0 Å². The Hall–Kier alpha value is -1.68. The number of morpholine rings is 1. The largest absolute Gasteiger partial charge is 0.379 e. The second-order valence-corrected chi connectivity index (χ2v) is 7.73. The third-order valence-electron chi connectivity index (χ3n) is 5.18. The van der Waals surface area contributed by atoms with Gasteiger partial charge in [0, 0.05) is 26.2 Å². The normalized spacial score (nSPS) is 14.6. The maximum atomic E-state index is 5.87. The number of benzene rings is 2. The number of guanidine groups is 1. The number of halogens is 1. The molecule has 7 heteroatoms. The van der Waals surface area contributed by atoms with Crippen molar-refractivity contribution in [1.29, 1.82) is 0 Å². The number of nitrogens with zero attached hydrogens (tertiary/aromatic N) is 2. The maximum Gasteiger partial charge on any atom is 0.191 e. The fourth-order valence-electron chi connectivity index (χ4n) is 3.53. The van der Waals surface area contributed by atoms with Gasteiger partial charge < -0.3 is 20.1 Å². The summed E-state index contributed by atoms with van der Waals surface area (Å²) in [5.41, 5.74) is 3.55. The zero-order valence-electron chi connectivity index (χ0n) is 19.1. The van der Waals surface area contributed by atoms with E-state index in [2.05, 4.69) is 58.9 Å². The Balaban J connectivity index is 0.00000363. The molecule has 0 saturated carbocycles. The van der Waals surface area contributed by atoms with E-state index in [1.165, 1.54) is 16.7 Å². The highest BCUT2D eigenvalue weighted by atomic mass is 127. The molecule has 176 valence electrons. The number of rotatable bonds is 11. The van der Waals surface area contributed by atoms with Crippen molar-refractivity contribution in [2.24, 2.45) is 4.99 Å². The lowest BCUT2D eigenvalue weighted by atomic mass is 10.1. The number of ether oxygens (including phenoxy) is 2. The summed E-state index contributed by atoms with van der Waals surface area (Å²) in [6.45, 7) is 10.6. The van der Waals surface area contributed by atoms with E-state index in [0.717, 1.165) is 58.3 Å². The van der Waals surface area contributed by atoms with Crippen LogP contribution in [0.1, 0.15) is 30.0 Å². The van der Waals surface area contributed by atoms with Gasteiger partial charge in [0.2, 0.25) is 0 Å². The summed E-state index contributed by atoms with van der Waals surface area (Å²) in [5, 5.41) is 6.79. The Kier molecular flexibility index (Phi) is 13.3. The lowest BCUT2D eigenvalue weighted by molar-refractivity contribution is 0.0376. The molecule has 0 atom stereocenters. The average molecular weight is 553 g/mol. The smallest absolute Gasteiger partial charge is 0.191 e. The summed E-state index contributed by atoms with van der Waals surface area (Å²) in [4.78, 5) is 7.22. The highest BCUT2D eigenvalue weighted by molar-refractivity contribution is 14.0. The van der Waals surface area contributed by atoms with Crippen molar-refractivity contribution in [2.45, 2.75) is 33.1 Å². The Labute approximate surface area is 209 Å². The van der Waals surface area contributed by atoms with Gasteiger partial charge in [0.05, 0.1) is 33.0 Å². The molecule has 0 aliphatic carbocycles. The highest BCUT2D eigenvalue weighted by Gasteiger charge is 2.09. The quantitative estimate of drug-likeness (QED) is 0.192. The lowest BCUT2D eigenvalue weighted by Gasteiger charge is -2.26. The molecular formula is C25H37IN4O2. The molecule has 1 saturated heterocycles. The maximum absolute atomic E-state index is 5.87. The zero-order chi connectivity index (χ0) is 21.6. The third-order valence-corrected chi connectivity index (χ3v) is 5.18. The molecule has 3 rings (SSSR count). The first kappa shape index (κ1) is 26.6. The molecule has 2 aromatic carbocycles. The van der Waals surface area contributed by atoms with E-state index in [0.29, 0.717) is 19.8 Å². The molecule has 2 N–H and O–H groups in total. The molecule has 0 aromatic heterocycles. The Morgan fingerprint density at radius 3 is 2.47 bits per heavy atom. The number of aliphatic imine (C=N–C) groups is 1. The minimum atomic E-state index is 0. The van der Waals surface area contributed by atoms with Crippen LogP contribution in [0.15, 0.2) is 59.6 Å². The van der Waals surface area contributed by atoms with Crippen LogP contribution >= 0.6 is 24.0 Å². The molecule has 0 amide bonds. The van der Waals surface area contributed by atoms with Crippen LogP contribution in [0, 0.1) is 0 Å². The van der Waals surface area contributed by atoms with Crippen molar-refractivity contribution in [1.82, 2.24) is 15.5 Å². The molecule has 2 aromatic rings. The predicted molar refractivity (Wildman–Crippen MR) is 141 cm³/mol. The van der Waals surface area contributed by atoms with Crippen LogP contribution < -0.4 is 10.6 Å². The second kappa shape index (κ2) is 16.0. The van der Waals surface area contributed by atoms with Crippen LogP contribution in [0.4, 0.5) is 0 Å². The first-order valence-electron chi connectivity index (χ1n) is 11.4. The Morgan fingerprint density at radius 2 is 1.69 bits per heavy atom. The fraction of sp³-hybridized carbons (Fsp3) is 0.480. The second-order valence-electron chi connectivity index (χ2n) is 7.73. The fourth-order valence-corrected chi connectivity index (χ4v) is 3.53. The van der Waals surface area contributed by atoms with Crippen molar-refractivity contribution >= 4 is 29.9 Å². The van der Waals surface area contributed by atoms with E-state index in [9.17, 15) is 0 Å². The first-order chi connectivity index (χ1) is 15.3. The molecule has 6 nitrogen and oxygen atoms in total. The van der Waals surface area contributed by atoms with Gasteiger partial charge in [-0.2, -0.15) is 0 Å². The zero-order valence-corrected chi connectivity index (χ0v) is 21.4. The van der Waals surface area contributed by atoms with Crippen LogP contribution in [0.3, 0.4) is 0 Å². The molecule has 1 heterocycles. The van der Waals surface area contributed by atoms with Gasteiger partial charge in [-0.25, -0.2) is 4.99 Å². The molecule has 0 unspecified atom stereocenters. The molecule has 32 heavy (non-hydrogen) atoms. The number of hydrogen-bond acceptors (Lipinski definition) is 4. The van der Waals surface area contributed by atoms with Crippen LogP contribution in [0.25, 0.3) is 0 Å². The molecule has 1 fully saturated rings. The number of nitrogens with one attached hydrogen (secondary N) is 2. The summed E-state index contributed by atoms with van der Waals surface area (Å²) in [6.07, 6.45) is 1.10. The lowest BCUT2D eigenvalue weighted by Crippen LogP contribution is -2.40. The van der Waals surface area contributed by atoms with E-state index < -0.39 is 0 Å². The standard InChI is InChI=1S/C25H36N4O2.HI/c1-2-26-25(27-12-7-13-29-14-16-30-17-15-29)28-19-23-10-6-11-24(18-23)21-31-20-22-8-4-3-5-9-22;/h3-6,8-11,18H,2,7,12-17,19-21H2,1H3,(H2,26,27,28);1H. The van der Waals surface area contributed by atoms with Crippen LogP contribution in [-0.4, -0.2) is 56.8 Å². The molecule has 1 aliphatic heterocycles. The van der Waals surface area contributed by atoms with Gasteiger partial charge in [0.25, 0.3) is 0 Å². The third kappa shape index (κ3) is 10.3. The molecule has 0 radical (unpaired) electrons. The summed E-state index contributed by atoms with van der Waals surface area (Å²) in [7, 11) is 0. The summed E-state index contributed by atoms with van der Waals surface area (Å²) >= 11 is 0. The minimum absolute atomic E-state index is 0. The number of hydrogen-bond donors (Lipinski definition) is 2. The van der Waals surface area contributed by atoms with E-state index in [1.54, 1.807) is 0 Å². The highest BCUT2D eigenvalue weighted by Crippen LogP contribution is 2.10. The van der Waals surface area contributed by atoms with Crippen molar-refractivity contribution in [3.05, 3.63) is 71.3 Å². The average Bonchev–Trinajstić information content (AvgIpc) is 2.82. The molecule has 0 bridgehead atoms. The minimum Gasteiger partial charge on any atom is -0.379 e. The van der Waals surface area contributed by atoms with Crippen LogP contribution in [-0.2, 0) is 29.2 Å². The van der Waals surface area contributed by atoms with Crippen LogP contribution in [0.5, 0.6) is 0 Å². The SMILES string of the molecule is CCNC(=NCc1cccc(COCc2ccccc2)c1)NCCCN1CCOCC1.I. The Morgan fingerprint density at radius 1 is 0.969 bits per heavy atom. The summed E-state index contributed by atoms with van der Waals surface area (Å²) in [6, 6.07) is 18.7. The van der Waals surface area contributed by atoms with E-state index >= 15 is 0 Å². The van der Waals surface area contributed by atoms with Gasteiger partial charge >= 0.3 is 0 Å². The van der Waals surface area contributed by atoms with E-state index in [4.69, 9.17) is 14.5 Å². The predicted octanol–water partition coefficient (Wildman–Crippen LogP) is 3.80. The summed E-state index contributed by atoms with van der Waals surface area (Å²) < 4.78 is 11.3. The van der Waals surface area contributed by atoms with Gasteiger partial charge in [0.15, 0.2) is 5.96 Å². The molecule has 0 spiro atoms. The van der Waals surface area contributed by atoms with Gasteiger partial charge in [-0.05, 0) is 36.6 Å². The molecular weight excluding hydrogens is 515 g/mol. The Bertz CT molecular complexity index is 783. The van der Waals surface area contributed by atoms with Crippen molar-refractivity contribution in [3.8, 4) is 0 Å². The van der Waals surface area contributed by atoms with Crippen molar-refractivity contribution < 1.29 is 9.47 Å².